The molecular formula is C34H40N4O2. The Bertz CT molecular complexity index is 1350. The van der Waals surface area contributed by atoms with Crippen molar-refractivity contribution in [3.05, 3.63) is 106 Å². The number of fused-ring (bicyclic) bond motifs is 2. The molecule has 1 aliphatic heterocycles. The van der Waals surface area contributed by atoms with E-state index in [9.17, 15) is 9.59 Å². The van der Waals surface area contributed by atoms with E-state index in [1.807, 2.05) is 6.07 Å². The molecule has 0 spiro atoms. The highest BCUT2D eigenvalue weighted by molar-refractivity contribution is 5.83. The molecule has 0 aromatic heterocycles. The van der Waals surface area contributed by atoms with Gasteiger partial charge >= 0.3 is 0 Å². The standard InChI is InChI=1S/C34H40N4O2/c35-29(33(39)37-30-13-5-9-24-7-1-3-11-27(24)30)19-22-15-17-23(18-16-22)26-20-32(36-21-26)34(40)38-31-14-6-10-25-8-2-4-12-28(25)31/h1-4,7-8,11-12,15-18,26,29-32,36H,5-6,9-10,13-14,19-21,35H2,(H,37,39)(H,38,40)/t26-,29-,30+,31+,32-/m0/s1. The molecular weight excluding hydrogens is 496 g/mol. The number of carbonyl (C=O) groups is 2. The molecule has 6 heteroatoms. The summed E-state index contributed by atoms with van der Waals surface area (Å²) in [7, 11) is 0. The molecule has 1 heterocycles. The predicted molar refractivity (Wildman–Crippen MR) is 158 cm³/mol. The van der Waals surface area contributed by atoms with E-state index in [-0.39, 0.29) is 35.9 Å². The quantitative estimate of drug-likeness (QED) is 0.360. The Morgan fingerprint density at radius 2 is 1.43 bits per heavy atom. The van der Waals surface area contributed by atoms with Gasteiger partial charge in [-0.15, -0.1) is 0 Å². The third-order valence-corrected chi connectivity index (χ3v) is 9.06. The van der Waals surface area contributed by atoms with Gasteiger partial charge in [0.15, 0.2) is 0 Å². The van der Waals surface area contributed by atoms with Crippen molar-refractivity contribution in [2.24, 2.45) is 5.73 Å². The summed E-state index contributed by atoms with van der Waals surface area (Å²) in [5, 5.41) is 9.94. The number of hydrogen-bond donors (Lipinski definition) is 4. The first-order valence-corrected chi connectivity index (χ1v) is 14.9. The van der Waals surface area contributed by atoms with Crippen molar-refractivity contribution in [2.45, 2.75) is 81.5 Å². The van der Waals surface area contributed by atoms with Crippen LogP contribution in [0.5, 0.6) is 0 Å². The zero-order valence-corrected chi connectivity index (χ0v) is 23.1. The average Bonchev–Trinajstić information content (AvgIpc) is 3.49. The molecule has 2 amide bonds. The summed E-state index contributed by atoms with van der Waals surface area (Å²) < 4.78 is 0. The van der Waals surface area contributed by atoms with Gasteiger partial charge in [-0.05, 0) is 90.7 Å². The van der Waals surface area contributed by atoms with Crippen molar-refractivity contribution in [3.63, 3.8) is 0 Å². The van der Waals surface area contributed by atoms with Crippen molar-refractivity contribution in [1.82, 2.24) is 16.0 Å². The van der Waals surface area contributed by atoms with Crippen LogP contribution in [0.4, 0.5) is 0 Å². The van der Waals surface area contributed by atoms with Gasteiger partial charge in [0.05, 0.1) is 24.2 Å². The Kier molecular flexibility index (Phi) is 7.98. The predicted octanol–water partition coefficient (Wildman–Crippen LogP) is 4.39. The first-order valence-electron chi connectivity index (χ1n) is 14.9. The minimum absolute atomic E-state index is 0.0405. The normalized spacial score (nSPS) is 24.4. The summed E-state index contributed by atoms with van der Waals surface area (Å²) in [6.45, 7) is 0.781. The fourth-order valence-electron chi connectivity index (χ4n) is 6.82. The van der Waals surface area contributed by atoms with Crippen LogP contribution in [0.2, 0.25) is 0 Å². The number of rotatable bonds is 7. The fraction of sp³-hybridized carbons (Fsp3) is 0.412. The Labute approximate surface area is 237 Å². The van der Waals surface area contributed by atoms with Gasteiger partial charge in [-0.25, -0.2) is 0 Å². The Morgan fingerprint density at radius 1 is 0.825 bits per heavy atom. The summed E-state index contributed by atoms with van der Waals surface area (Å²) in [4.78, 5) is 26.1. The second-order valence-electron chi connectivity index (χ2n) is 11.8. The molecule has 208 valence electrons. The molecule has 1 saturated heterocycles. The van der Waals surface area contributed by atoms with Gasteiger partial charge in [0, 0.05) is 6.54 Å². The van der Waals surface area contributed by atoms with Gasteiger partial charge in [-0.1, -0.05) is 72.8 Å². The molecule has 0 unspecified atom stereocenters. The van der Waals surface area contributed by atoms with Crippen LogP contribution < -0.4 is 21.7 Å². The van der Waals surface area contributed by atoms with Gasteiger partial charge in [-0.2, -0.15) is 0 Å². The molecule has 6 rings (SSSR count). The number of nitrogens with one attached hydrogen (secondary N) is 3. The second kappa shape index (κ2) is 11.9. The lowest BCUT2D eigenvalue weighted by Crippen LogP contribution is -2.44. The van der Waals surface area contributed by atoms with Crippen LogP contribution in [0.1, 0.15) is 83.5 Å². The van der Waals surface area contributed by atoms with Crippen LogP contribution >= 0.6 is 0 Å². The molecule has 40 heavy (non-hydrogen) atoms. The van der Waals surface area contributed by atoms with E-state index in [2.05, 4.69) is 82.7 Å². The third-order valence-electron chi connectivity index (χ3n) is 9.06. The number of aryl methyl sites for hydroxylation is 2. The monoisotopic (exact) mass is 536 g/mol. The molecule has 6 nitrogen and oxygen atoms in total. The zero-order chi connectivity index (χ0) is 27.5. The van der Waals surface area contributed by atoms with Crippen LogP contribution in [-0.2, 0) is 28.9 Å². The maximum atomic E-state index is 13.1. The van der Waals surface area contributed by atoms with E-state index in [1.54, 1.807) is 0 Å². The van der Waals surface area contributed by atoms with E-state index < -0.39 is 6.04 Å². The summed E-state index contributed by atoms with van der Waals surface area (Å²) in [5.74, 6) is 0.283. The van der Waals surface area contributed by atoms with Crippen molar-refractivity contribution in [3.8, 4) is 0 Å². The lowest BCUT2D eigenvalue weighted by molar-refractivity contribution is -0.124. The fourth-order valence-corrected chi connectivity index (χ4v) is 6.82. The van der Waals surface area contributed by atoms with Gasteiger partial charge in [0.2, 0.25) is 11.8 Å². The highest BCUT2D eigenvalue weighted by atomic mass is 16.2. The molecule has 2 aliphatic carbocycles. The highest BCUT2D eigenvalue weighted by Gasteiger charge is 2.32. The third kappa shape index (κ3) is 5.84. The minimum atomic E-state index is -0.592. The van der Waals surface area contributed by atoms with Gasteiger partial charge in [0.1, 0.15) is 0 Å². The molecule has 3 aromatic carbocycles. The number of amides is 2. The van der Waals surface area contributed by atoms with E-state index in [0.29, 0.717) is 6.42 Å². The molecule has 1 fully saturated rings. The van der Waals surface area contributed by atoms with Crippen molar-refractivity contribution in [2.75, 3.05) is 6.54 Å². The van der Waals surface area contributed by atoms with Crippen molar-refractivity contribution >= 4 is 11.8 Å². The second-order valence-corrected chi connectivity index (χ2v) is 11.8. The lowest BCUT2D eigenvalue weighted by Gasteiger charge is -2.27. The van der Waals surface area contributed by atoms with Crippen molar-refractivity contribution < 1.29 is 9.59 Å². The molecule has 0 bridgehead atoms. The summed E-state index contributed by atoms with van der Waals surface area (Å²) in [6, 6.07) is 24.6. The summed E-state index contributed by atoms with van der Waals surface area (Å²) in [5.41, 5.74) is 13.8. The Hall–Kier alpha value is -3.48. The zero-order valence-electron chi connectivity index (χ0n) is 23.1. The number of nitrogens with two attached hydrogens (primary N) is 1. The van der Waals surface area contributed by atoms with E-state index in [1.165, 1.54) is 27.8 Å². The summed E-state index contributed by atoms with van der Waals surface area (Å²) in [6.07, 6.45) is 7.56. The van der Waals surface area contributed by atoms with E-state index in [0.717, 1.165) is 57.1 Å². The molecule has 3 aromatic rings. The largest absolute Gasteiger partial charge is 0.348 e. The van der Waals surface area contributed by atoms with E-state index in [4.69, 9.17) is 5.73 Å². The first kappa shape index (κ1) is 26.7. The first-order chi connectivity index (χ1) is 19.5. The Morgan fingerprint density at radius 3 is 2.08 bits per heavy atom. The van der Waals surface area contributed by atoms with Gasteiger partial charge in [-0.3, -0.25) is 9.59 Å². The SMILES string of the molecule is N[C@@H](Cc1ccc([C@@H]2CN[C@H](C(=O)N[C@@H]3CCCc4ccccc43)C2)cc1)C(=O)N[C@@H]1CCCc2ccccc21. The van der Waals surface area contributed by atoms with E-state index >= 15 is 0 Å². The van der Waals surface area contributed by atoms with Crippen LogP contribution in [0.15, 0.2) is 72.8 Å². The number of benzene rings is 3. The van der Waals surface area contributed by atoms with Crippen molar-refractivity contribution in [1.29, 1.82) is 0 Å². The molecule has 3 aliphatic rings. The lowest BCUT2D eigenvalue weighted by atomic mass is 9.87. The smallest absolute Gasteiger partial charge is 0.237 e. The molecule has 5 N–H and O–H groups in total. The van der Waals surface area contributed by atoms with Crippen LogP contribution in [-0.4, -0.2) is 30.4 Å². The molecule has 0 saturated carbocycles. The maximum Gasteiger partial charge on any atom is 0.237 e. The minimum Gasteiger partial charge on any atom is -0.348 e. The number of carbonyl (C=O) groups excluding carboxylic acids is 2. The summed E-state index contributed by atoms with van der Waals surface area (Å²) >= 11 is 0. The van der Waals surface area contributed by atoms with Crippen LogP contribution in [0.25, 0.3) is 0 Å². The topological polar surface area (TPSA) is 96.2 Å². The van der Waals surface area contributed by atoms with Gasteiger partial charge < -0.3 is 21.7 Å². The highest BCUT2D eigenvalue weighted by Crippen LogP contribution is 2.32. The van der Waals surface area contributed by atoms with Gasteiger partial charge in [0.25, 0.3) is 0 Å². The maximum absolute atomic E-state index is 13.1. The van der Waals surface area contributed by atoms with Crippen LogP contribution in [0.3, 0.4) is 0 Å². The average molecular weight is 537 g/mol. The van der Waals surface area contributed by atoms with Crippen LogP contribution in [0, 0.1) is 0 Å². The molecule has 0 radical (unpaired) electrons. The Balaban J connectivity index is 1.01. The molecule has 5 atom stereocenters. The number of hydrogen-bond acceptors (Lipinski definition) is 4.